The molecule has 1 fully saturated rings. The minimum Gasteiger partial charge on any atom is -0.297 e. The molecule has 1 aliphatic heterocycles. The van der Waals surface area contributed by atoms with Crippen molar-refractivity contribution in [2.45, 2.75) is 19.4 Å². The number of thiazole rings is 1. The van der Waals surface area contributed by atoms with Gasteiger partial charge in [0.1, 0.15) is 0 Å². The molecule has 1 aromatic carbocycles. The third kappa shape index (κ3) is 4.30. The van der Waals surface area contributed by atoms with Gasteiger partial charge in [-0.15, -0.1) is 11.3 Å². The minimum atomic E-state index is -0.0677. The average molecular weight is 447 g/mol. The summed E-state index contributed by atoms with van der Waals surface area (Å²) in [5, 5.41) is 4.76. The number of rotatable bonds is 5. The number of fused-ring (bicyclic) bond motifs is 1. The van der Waals surface area contributed by atoms with Gasteiger partial charge in [0.25, 0.3) is 5.56 Å². The van der Waals surface area contributed by atoms with E-state index in [2.05, 4.69) is 20.2 Å². The highest BCUT2D eigenvalue weighted by atomic mass is 32.1. The van der Waals surface area contributed by atoms with Gasteiger partial charge in [-0.25, -0.2) is 15.0 Å². The highest BCUT2D eigenvalue weighted by Crippen LogP contribution is 2.24. The second kappa shape index (κ2) is 8.97. The number of amides is 1. The molecule has 32 heavy (non-hydrogen) atoms. The van der Waals surface area contributed by atoms with E-state index in [4.69, 9.17) is 4.98 Å². The molecule has 0 atom stereocenters. The first-order valence-corrected chi connectivity index (χ1v) is 11.4. The summed E-state index contributed by atoms with van der Waals surface area (Å²) in [6.07, 6.45) is 4.70. The first-order chi connectivity index (χ1) is 15.7. The normalized spacial score (nSPS) is 15.1. The Morgan fingerprint density at radius 1 is 1.09 bits per heavy atom. The highest BCUT2D eigenvalue weighted by molar-refractivity contribution is 7.15. The average Bonchev–Trinajstić information content (AvgIpc) is 3.25. The molecule has 5 rings (SSSR count). The Labute approximate surface area is 188 Å². The molecule has 1 saturated heterocycles. The molecule has 8 nitrogen and oxygen atoms in total. The van der Waals surface area contributed by atoms with Crippen molar-refractivity contribution in [1.82, 2.24) is 24.3 Å². The molecule has 3 aromatic heterocycles. The van der Waals surface area contributed by atoms with E-state index in [9.17, 15) is 9.59 Å². The molecule has 0 radical (unpaired) electrons. The van der Waals surface area contributed by atoms with Crippen LogP contribution in [0.2, 0.25) is 0 Å². The van der Waals surface area contributed by atoms with E-state index in [1.165, 1.54) is 11.3 Å². The van der Waals surface area contributed by atoms with E-state index in [0.717, 1.165) is 42.9 Å². The number of hydrogen-bond donors (Lipinski definition) is 1. The number of hydrogen-bond acceptors (Lipinski definition) is 7. The molecule has 1 aliphatic rings. The third-order valence-electron chi connectivity index (χ3n) is 5.67. The summed E-state index contributed by atoms with van der Waals surface area (Å²) in [7, 11) is 0. The van der Waals surface area contributed by atoms with Crippen molar-refractivity contribution in [3.05, 3.63) is 76.3 Å². The van der Waals surface area contributed by atoms with Gasteiger partial charge in [-0.05, 0) is 37.6 Å². The number of piperidine rings is 1. The van der Waals surface area contributed by atoms with Gasteiger partial charge >= 0.3 is 0 Å². The third-order valence-corrected chi connectivity index (χ3v) is 6.50. The van der Waals surface area contributed by atoms with E-state index in [-0.39, 0.29) is 17.4 Å². The van der Waals surface area contributed by atoms with Gasteiger partial charge in [0.05, 0.1) is 11.4 Å². The molecular weight excluding hydrogens is 424 g/mol. The zero-order chi connectivity index (χ0) is 21.9. The SMILES string of the molecule is O=C(Nc1ncccn1)C1CCN(Cc2cc(=O)n3c(-c4ccccc4)csc3n2)CC1. The molecule has 4 heterocycles. The fraction of sp³-hybridized carbons (Fsp3) is 0.261. The maximum absolute atomic E-state index is 12.9. The van der Waals surface area contributed by atoms with Crippen molar-refractivity contribution in [3.8, 4) is 11.3 Å². The second-order valence-electron chi connectivity index (χ2n) is 7.80. The van der Waals surface area contributed by atoms with Gasteiger partial charge in [-0.3, -0.25) is 24.2 Å². The lowest BCUT2D eigenvalue weighted by atomic mass is 9.96. The van der Waals surface area contributed by atoms with Gasteiger partial charge in [0.15, 0.2) is 4.96 Å². The Balaban J connectivity index is 1.24. The van der Waals surface area contributed by atoms with E-state index in [0.29, 0.717) is 17.5 Å². The molecule has 0 spiro atoms. The molecule has 4 aromatic rings. The zero-order valence-electron chi connectivity index (χ0n) is 17.3. The summed E-state index contributed by atoms with van der Waals surface area (Å²) in [6.45, 7) is 2.14. The van der Waals surface area contributed by atoms with Crippen molar-refractivity contribution in [1.29, 1.82) is 0 Å². The van der Waals surface area contributed by atoms with Crippen molar-refractivity contribution in [3.63, 3.8) is 0 Å². The quantitative estimate of drug-likeness (QED) is 0.507. The lowest BCUT2D eigenvalue weighted by Crippen LogP contribution is -2.38. The number of benzene rings is 1. The first kappa shape index (κ1) is 20.5. The van der Waals surface area contributed by atoms with Gasteiger partial charge in [-0.2, -0.15) is 0 Å². The summed E-state index contributed by atoms with van der Waals surface area (Å²) in [6, 6.07) is 13.2. The van der Waals surface area contributed by atoms with Crippen molar-refractivity contribution < 1.29 is 4.79 Å². The largest absolute Gasteiger partial charge is 0.297 e. The van der Waals surface area contributed by atoms with Crippen molar-refractivity contribution in [2.75, 3.05) is 18.4 Å². The summed E-state index contributed by atoms with van der Waals surface area (Å²) in [4.78, 5) is 41.1. The molecule has 1 N–H and O–H groups in total. The molecule has 162 valence electrons. The summed E-state index contributed by atoms with van der Waals surface area (Å²) < 4.78 is 1.67. The predicted molar refractivity (Wildman–Crippen MR) is 123 cm³/mol. The number of aromatic nitrogens is 4. The summed E-state index contributed by atoms with van der Waals surface area (Å²) in [5.74, 6) is 0.228. The van der Waals surface area contributed by atoms with E-state index < -0.39 is 0 Å². The Hall–Kier alpha value is -3.43. The monoisotopic (exact) mass is 446 g/mol. The standard InChI is InChI=1S/C23H22N6O2S/c30-20-13-18(26-23-29(20)19(15-32-23)16-5-2-1-3-6-16)14-28-11-7-17(8-12-28)21(31)27-22-24-9-4-10-25-22/h1-6,9-10,13,15,17H,7-8,11-12,14H2,(H,24,25,27,31). The zero-order valence-corrected chi connectivity index (χ0v) is 18.2. The lowest BCUT2D eigenvalue weighted by Gasteiger charge is -2.30. The molecule has 0 bridgehead atoms. The van der Waals surface area contributed by atoms with Gasteiger partial charge < -0.3 is 0 Å². The van der Waals surface area contributed by atoms with Crippen LogP contribution in [0.3, 0.4) is 0 Å². The molecule has 9 heteroatoms. The van der Waals surface area contributed by atoms with E-state index >= 15 is 0 Å². The Morgan fingerprint density at radius 3 is 2.59 bits per heavy atom. The van der Waals surface area contributed by atoms with Crippen LogP contribution >= 0.6 is 11.3 Å². The topological polar surface area (TPSA) is 92.5 Å². The smallest absolute Gasteiger partial charge is 0.259 e. The van der Waals surface area contributed by atoms with Crippen LogP contribution in [0, 0.1) is 5.92 Å². The lowest BCUT2D eigenvalue weighted by molar-refractivity contribution is -0.121. The van der Waals surface area contributed by atoms with E-state index in [1.54, 1.807) is 28.9 Å². The van der Waals surface area contributed by atoms with Gasteiger partial charge in [-0.1, -0.05) is 30.3 Å². The number of likely N-dealkylation sites (tertiary alicyclic amines) is 1. The Bertz CT molecular complexity index is 1280. The molecule has 1 amide bonds. The van der Waals surface area contributed by atoms with Crippen LogP contribution < -0.4 is 10.9 Å². The molecule has 0 unspecified atom stereocenters. The first-order valence-electron chi connectivity index (χ1n) is 10.5. The number of nitrogens with one attached hydrogen (secondary N) is 1. The number of nitrogens with zero attached hydrogens (tertiary/aromatic N) is 5. The highest BCUT2D eigenvalue weighted by Gasteiger charge is 2.26. The summed E-state index contributed by atoms with van der Waals surface area (Å²) in [5.41, 5.74) is 2.56. The van der Waals surface area contributed by atoms with E-state index in [1.807, 2.05) is 35.7 Å². The Morgan fingerprint density at radius 2 is 1.84 bits per heavy atom. The molecule has 0 aliphatic carbocycles. The van der Waals surface area contributed by atoms with Crippen LogP contribution in [0.25, 0.3) is 16.2 Å². The molecule has 0 saturated carbocycles. The molecular formula is C23H22N6O2S. The fourth-order valence-electron chi connectivity index (χ4n) is 4.01. The van der Waals surface area contributed by atoms with Crippen LogP contribution in [0.4, 0.5) is 5.95 Å². The number of carbonyl (C=O) groups excluding carboxylic acids is 1. The van der Waals surface area contributed by atoms with Crippen LogP contribution in [0.1, 0.15) is 18.5 Å². The maximum atomic E-state index is 12.9. The number of anilines is 1. The van der Waals surface area contributed by atoms with Crippen LogP contribution in [-0.4, -0.2) is 43.2 Å². The number of carbonyl (C=O) groups is 1. The van der Waals surface area contributed by atoms with Gasteiger partial charge in [0, 0.05) is 36.3 Å². The summed E-state index contributed by atoms with van der Waals surface area (Å²) >= 11 is 1.47. The Kier molecular flexibility index (Phi) is 5.74. The van der Waals surface area contributed by atoms with Crippen molar-refractivity contribution >= 4 is 28.2 Å². The van der Waals surface area contributed by atoms with Crippen LogP contribution in [0.15, 0.2) is 65.0 Å². The van der Waals surface area contributed by atoms with Crippen LogP contribution in [-0.2, 0) is 11.3 Å². The predicted octanol–water partition coefficient (Wildman–Crippen LogP) is 3.06. The van der Waals surface area contributed by atoms with Gasteiger partial charge in [0.2, 0.25) is 11.9 Å². The maximum Gasteiger partial charge on any atom is 0.259 e. The fourth-order valence-corrected chi connectivity index (χ4v) is 4.94. The van der Waals surface area contributed by atoms with Crippen LogP contribution in [0.5, 0.6) is 0 Å². The minimum absolute atomic E-state index is 0.0411. The van der Waals surface area contributed by atoms with Crippen molar-refractivity contribution in [2.24, 2.45) is 5.92 Å². The second-order valence-corrected chi connectivity index (χ2v) is 8.64.